The summed E-state index contributed by atoms with van der Waals surface area (Å²) in [6, 6.07) is 22.0. The summed E-state index contributed by atoms with van der Waals surface area (Å²) in [6.45, 7) is 21.6. The quantitative estimate of drug-likeness (QED) is 0.160. The fourth-order valence-corrected chi connectivity index (χ4v) is 8.83. The van der Waals surface area contributed by atoms with Crippen molar-refractivity contribution in [2.75, 3.05) is 0 Å². The maximum Gasteiger partial charge on any atom is 0.323 e. The van der Waals surface area contributed by atoms with E-state index < -0.39 is 11.8 Å². The third kappa shape index (κ3) is 5.60. The molecule has 7 rings (SSSR count). The van der Waals surface area contributed by atoms with Gasteiger partial charge in [-0.05, 0) is 96.9 Å². The fraction of sp³-hybridized carbons (Fsp3) is 0.435. The van der Waals surface area contributed by atoms with E-state index in [1.165, 1.54) is 17.5 Å². The van der Waals surface area contributed by atoms with Gasteiger partial charge in [0.15, 0.2) is 0 Å². The first-order valence-electron chi connectivity index (χ1n) is 18.4. The average molecular weight is 671 g/mol. The Hall–Kier alpha value is -4.18. The van der Waals surface area contributed by atoms with Crippen molar-refractivity contribution in [1.82, 2.24) is 0 Å². The molecule has 1 saturated carbocycles. The summed E-state index contributed by atoms with van der Waals surface area (Å²) in [7, 11) is 0. The van der Waals surface area contributed by atoms with Crippen molar-refractivity contribution in [3.63, 3.8) is 0 Å². The molecule has 262 valence electrons. The van der Waals surface area contributed by atoms with Gasteiger partial charge in [-0.25, -0.2) is 0 Å². The van der Waals surface area contributed by atoms with E-state index in [9.17, 15) is 9.59 Å². The number of hydrogen-bond acceptors (Lipinski definition) is 4. The fourth-order valence-electron chi connectivity index (χ4n) is 8.83. The van der Waals surface area contributed by atoms with Crippen molar-refractivity contribution in [1.29, 1.82) is 0 Å². The standard InChI is InChI=1S/C46H52O4.H2/c1-26-14-16-28(3)32(20-26)38-34-22-30(24-36(44(5,6)7)40(34)49-42(38)47)46(18-12-11-13-19-46)31-23-35-39(33-21-27(2)15-17-29(33)4)43(48)50-41(35)37(25-31)45(8,9)10;/h14-17,20-25,38-39H,11-13,18-19H2,1-10H3;1H. The van der Waals surface area contributed by atoms with E-state index in [2.05, 4.69) is 130 Å². The molecule has 2 atom stereocenters. The highest BCUT2D eigenvalue weighted by Gasteiger charge is 2.46. The minimum Gasteiger partial charge on any atom is -0.425 e. The number of benzene rings is 4. The van der Waals surface area contributed by atoms with Gasteiger partial charge in [0.25, 0.3) is 0 Å². The average Bonchev–Trinajstić information content (AvgIpc) is 3.56. The second-order valence-electron chi connectivity index (χ2n) is 17.5. The van der Waals surface area contributed by atoms with Gasteiger partial charge in [0.05, 0.1) is 0 Å². The Morgan fingerprint density at radius 3 is 1.34 bits per heavy atom. The smallest absolute Gasteiger partial charge is 0.323 e. The van der Waals surface area contributed by atoms with Crippen LogP contribution in [0, 0.1) is 27.7 Å². The first kappa shape index (κ1) is 34.3. The molecule has 0 spiro atoms. The SMILES string of the molecule is Cc1ccc(C)c(C2C(=O)Oc3c2cc(C2(c4cc5c(c(C(C)(C)C)c4)OC(=O)C5c4cc(C)ccc4C)CCCCC2)cc3C(C)(C)C)c1.[HH]. The van der Waals surface area contributed by atoms with Crippen LogP contribution in [-0.2, 0) is 25.8 Å². The lowest BCUT2D eigenvalue weighted by Gasteiger charge is -2.41. The van der Waals surface area contributed by atoms with Crippen LogP contribution >= 0.6 is 0 Å². The van der Waals surface area contributed by atoms with Gasteiger partial charge in [-0.3, -0.25) is 9.59 Å². The summed E-state index contributed by atoms with van der Waals surface area (Å²) in [4.78, 5) is 27.8. The first-order chi connectivity index (χ1) is 23.5. The highest BCUT2D eigenvalue weighted by molar-refractivity contribution is 5.92. The predicted octanol–water partition coefficient (Wildman–Crippen LogP) is 11.1. The molecule has 0 bridgehead atoms. The summed E-state index contributed by atoms with van der Waals surface area (Å²) in [5.74, 6) is 0.0954. The van der Waals surface area contributed by atoms with Crippen LogP contribution < -0.4 is 9.47 Å². The van der Waals surface area contributed by atoms with Gasteiger partial charge in [0, 0.05) is 29.1 Å². The van der Waals surface area contributed by atoms with Crippen molar-refractivity contribution in [2.24, 2.45) is 0 Å². The molecule has 0 N–H and O–H groups in total. The van der Waals surface area contributed by atoms with Crippen LogP contribution in [0.5, 0.6) is 11.5 Å². The second-order valence-corrected chi connectivity index (χ2v) is 17.5. The largest absolute Gasteiger partial charge is 0.425 e. The Labute approximate surface area is 300 Å². The van der Waals surface area contributed by atoms with Gasteiger partial charge in [-0.2, -0.15) is 0 Å². The molecule has 2 aliphatic heterocycles. The van der Waals surface area contributed by atoms with Crippen LogP contribution in [0.1, 0.15) is 154 Å². The van der Waals surface area contributed by atoms with Gasteiger partial charge in [-0.1, -0.05) is 120 Å². The summed E-state index contributed by atoms with van der Waals surface area (Å²) >= 11 is 0. The minimum absolute atomic E-state index is 0. The lowest BCUT2D eigenvalue weighted by Crippen LogP contribution is -2.32. The van der Waals surface area contributed by atoms with E-state index in [-0.39, 0.29) is 29.6 Å². The lowest BCUT2D eigenvalue weighted by atomic mass is 9.62. The molecular weight excluding hydrogens is 617 g/mol. The van der Waals surface area contributed by atoms with E-state index >= 15 is 0 Å². The third-order valence-corrected chi connectivity index (χ3v) is 11.7. The summed E-state index contributed by atoms with van der Waals surface area (Å²) in [5, 5.41) is 0. The molecule has 1 fully saturated rings. The maximum atomic E-state index is 13.9. The van der Waals surface area contributed by atoms with E-state index in [0.29, 0.717) is 0 Å². The van der Waals surface area contributed by atoms with Crippen LogP contribution in [0.4, 0.5) is 0 Å². The molecule has 50 heavy (non-hydrogen) atoms. The van der Waals surface area contributed by atoms with Crippen molar-refractivity contribution in [3.8, 4) is 11.5 Å². The summed E-state index contributed by atoms with van der Waals surface area (Å²) < 4.78 is 12.5. The lowest BCUT2D eigenvalue weighted by molar-refractivity contribution is -0.134. The number of rotatable bonds is 4. The van der Waals surface area contributed by atoms with Crippen LogP contribution in [0.15, 0.2) is 60.7 Å². The topological polar surface area (TPSA) is 52.6 Å². The molecule has 4 aromatic carbocycles. The van der Waals surface area contributed by atoms with Gasteiger partial charge in [0.1, 0.15) is 23.3 Å². The molecule has 0 aromatic heterocycles. The van der Waals surface area contributed by atoms with E-state index in [0.717, 1.165) is 92.8 Å². The number of carbonyl (C=O) groups excluding carboxylic acids is 2. The second kappa shape index (κ2) is 12.0. The third-order valence-electron chi connectivity index (χ3n) is 11.7. The van der Waals surface area contributed by atoms with Gasteiger partial charge < -0.3 is 9.47 Å². The number of aryl methyl sites for hydroxylation is 4. The number of esters is 2. The van der Waals surface area contributed by atoms with Crippen molar-refractivity contribution >= 4 is 11.9 Å². The molecule has 4 aromatic rings. The molecular formula is C46H54O4. The zero-order valence-corrected chi connectivity index (χ0v) is 31.6. The van der Waals surface area contributed by atoms with Crippen molar-refractivity contribution < 1.29 is 20.5 Å². The van der Waals surface area contributed by atoms with Crippen LogP contribution in [0.25, 0.3) is 0 Å². The Morgan fingerprint density at radius 2 is 0.960 bits per heavy atom. The number of hydrogen-bond donors (Lipinski definition) is 0. The molecule has 0 saturated heterocycles. The monoisotopic (exact) mass is 670 g/mol. The molecule has 4 heteroatoms. The molecule has 0 radical (unpaired) electrons. The van der Waals surface area contributed by atoms with Gasteiger partial charge >= 0.3 is 11.9 Å². The van der Waals surface area contributed by atoms with Crippen LogP contribution in [-0.4, -0.2) is 11.9 Å². The Kier molecular flexibility index (Phi) is 8.20. The molecule has 3 aliphatic rings. The van der Waals surface area contributed by atoms with Crippen LogP contribution in [0.3, 0.4) is 0 Å². The summed E-state index contributed by atoms with van der Waals surface area (Å²) in [5.41, 5.74) is 12.2. The summed E-state index contributed by atoms with van der Waals surface area (Å²) in [6.07, 6.45) is 5.38. The van der Waals surface area contributed by atoms with Crippen molar-refractivity contribution in [2.45, 2.75) is 129 Å². The normalized spacial score (nSPS) is 20.0. The minimum atomic E-state index is -0.476. The molecule has 1 aliphatic carbocycles. The van der Waals surface area contributed by atoms with Crippen LogP contribution in [0.2, 0.25) is 0 Å². The number of fused-ring (bicyclic) bond motifs is 2. The van der Waals surface area contributed by atoms with Gasteiger partial charge in [0.2, 0.25) is 0 Å². The predicted molar refractivity (Wildman–Crippen MR) is 203 cm³/mol. The zero-order chi connectivity index (χ0) is 35.9. The van der Waals surface area contributed by atoms with Crippen molar-refractivity contribution in [3.05, 3.63) is 127 Å². The van der Waals surface area contributed by atoms with E-state index in [4.69, 9.17) is 9.47 Å². The zero-order valence-electron chi connectivity index (χ0n) is 31.6. The highest BCUT2D eigenvalue weighted by atomic mass is 16.5. The maximum absolute atomic E-state index is 13.9. The Morgan fingerprint density at radius 1 is 0.560 bits per heavy atom. The molecule has 0 amide bonds. The molecule has 2 unspecified atom stereocenters. The molecule has 4 nitrogen and oxygen atoms in total. The highest BCUT2D eigenvalue weighted by Crippen LogP contribution is 2.55. The molecule has 2 heterocycles. The van der Waals surface area contributed by atoms with E-state index in [1.807, 2.05) is 0 Å². The Balaban J connectivity index is 0.00000448. The Bertz CT molecular complexity index is 1910. The number of ether oxygens (including phenoxy) is 2. The first-order valence-corrected chi connectivity index (χ1v) is 18.4. The van der Waals surface area contributed by atoms with E-state index in [1.54, 1.807) is 0 Å². The number of carbonyl (C=O) groups is 2. The van der Waals surface area contributed by atoms with Gasteiger partial charge in [-0.15, -0.1) is 0 Å².